The van der Waals surface area contributed by atoms with E-state index in [-0.39, 0.29) is 11.7 Å². The predicted octanol–water partition coefficient (Wildman–Crippen LogP) is 1.25. The molecule has 7 nitrogen and oxygen atoms in total. The van der Waals surface area contributed by atoms with Crippen molar-refractivity contribution in [1.82, 2.24) is 20.3 Å². The molecule has 1 atom stereocenters. The number of rotatable bonds is 5. The number of nitriles is 1. The predicted molar refractivity (Wildman–Crippen MR) is 78.0 cm³/mol. The number of carbonyl (C=O) groups excluding carboxylic acids is 2. The summed E-state index contributed by atoms with van der Waals surface area (Å²) >= 11 is 0. The van der Waals surface area contributed by atoms with Crippen molar-refractivity contribution in [3.05, 3.63) is 42.0 Å². The van der Waals surface area contributed by atoms with E-state index < -0.39 is 23.4 Å². The Bertz CT molecular complexity index is 761. The van der Waals surface area contributed by atoms with Crippen molar-refractivity contribution in [1.29, 1.82) is 5.26 Å². The van der Waals surface area contributed by atoms with Crippen LogP contribution in [0.15, 0.2) is 30.5 Å². The monoisotopic (exact) mass is 315 g/mol. The lowest BCUT2D eigenvalue weighted by Crippen LogP contribution is -2.38. The van der Waals surface area contributed by atoms with Crippen molar-refractivity contribution >= 4 is 11.7 Å². The molecule has 0 aliphatic carbocycles. The molecule has 2 aromatic rings. The summed E-state index contributed by atoms with van der Waals surface area (Å²) in [5, 5.41) is 19.4. The lowest BCUT2D eigenvalue weighted by molar-refractivity contribution is -0.122. The maximum absolute atomic E-state index is 12.9. The van der Waals surface area contributed by atoms with Crippen LogP contribution in [-0.4, -0.2) is 32.7 Å². The molecule has 0 aliphatic heterocycles. The first kappa shape index (κ1) is 16.3. The van der Waals surface area contributed by atoms with Crippen LogP contribution in [0.25, 0.3) is 5.69 Å². The molecule has 2 rings (SSSR count). The standard InChI is InChI=1S/C15H14FN5O2/c1-9(2)19-15(23)12(7-17)14(22)13-8-18-21(20-13)11-5-3-10(16)4-6-11/h3-6,8-9,12H,1-2H3,(H,19,23). The third kappa shape index (κ3) is 3.77. The van der Waals surface area contributed by atoms with Gasteiger partial charge in [-0.3, -0.25) is 9.59 Å². The molecule has 0 spiro atoms. The van der Waals surface area contributed by atoms with Crippen LogP contribution < -0.4 is 5.32 Å². The quantitative estimate of drug-likeness (QED) is 0.661. The van der Waals surface area contributed by atoms with Crippen molar-refractivity contribution in [3.8, 4) is 11.8 Å². The zero-order valence-corrected chi connectivity index (χ0v) is 12.5. The number of halogens is 1. The topological polar surface area (TPSA) is 101 Å². The Morgan fingerprint density at radius 2 is 1.96 bits per heavy atom. The lowest BCUT2D eigenvalue weighted by atomic mass is 10.0. The zero-order chi connectivity index (χ0) is 17.0. The third-order valence-corrected chi connectivity index (χ3v) is 2.89. The minimum absolute atomic E-state index is 0.111. The van der Waals surface area contributed by atoms with Gasteiger partial charge in [-0.15, -0.1) is 5.10 Å². The van der Waals surface area contributed by atoms with E-state index in [1.165, 1.54) is 30.5 Å². The number of ketones is 1. The molecule has 118 valence electrons. The summed E-state index contributed by atoms with van der Waals surface area (Å²) in [4.78, 5) is 25.2. The van der Waals surface area contributed by atoms with Gasteiger partial charge in [0, 0.05) is 6.04 Å². The fraction of sp³-hybridized carbons (Fsp3) is 0.267. The Hall–Kier alpha value is -3.08. The van der Waals surface area contributed by atoms with Gasteiger partial charge in [0.25, 0.3) is 0 Å². The molecule has 1 unspecified atom stereocenters. The van der Waals surface area contributed by atoms with Gasteiger partial charge in [-0.25, -0.2) is 4.39 Å². The Labute approximate surface area is 131 Å². The SMILES string of the molecule is CC(C)NC(=O)C(C#N)C(=O)c1cnn(-c2ccc(F)cc2)n1. The van der Waals surface area contributed by atoms with Crippen LogP contribution in [0.1, 0.15) is 24.3 Å². The van der Waals surface area contributed by atoms with Gasteiger partial charge in [-0.05, 0) is 38.1 Å². The summed E-state index contributed by atoms with van der Waals surface area (Å²) in [5.41, 5.74) is 0.338. The molecule has 0 radical (unpaired) electrons. The van der Waals surface area contributed by atoms with Crippen LogP contribution in [-0.2, 0) is 4.79 Å². The fourth-order valence-electron chi connectivity index (χ4n) is 1.83. The third-order valence-electron chi connectivity index (χ3n) is 2.89. The molecule has 1 amide bonds. The maximum Gasteiger partial charge on any atom is 0.245 e. The van der Waals surface area contributed by atoms with Crippen LogP contribution >= 0.6 is 0 Å². The lowest BCUT2D eigenvalue weighted by Gasteiger charge is -2.10. The first-order valence-electron chi connectivity index (χ1n) is 6.85. The number of Topliss-reactive ketones (excluding diaryl/α,β-unsaturated/α-hetero) is 1. The second-order valence-electron chi connectivity index (χ2n) is 5.09. The highest BCUT2D eigenvalue weighted by atomic mass is 19.1. The van der Waals surface area contributed by atoms with Gasteiger partial charge in [-0.2, -0.15) is 15.2 Å². The van der Waals surface area contributed by atoms with Crippen molar-refractivity contribution in [2.45, 2.75) is 19.9 Å². The van der Waals surface area contributed by atoms with E-state index in [1.54, 1.807) is 19.9 Å². The molecule has 0 aliphatic rings. The smallest absolute Gasteiger partial charge is 0.245 e. The van der Waals surface area contributed by atoms with Gasteiger partial charge in [0.15, 0.2) is 11.6 Å². The molecule has 8 heteroatoms. The molecule has 23 heavy (non-hydrogen) atoms. The Balaban J connectivity index is 2.22. The van der Waals surface area contributed by atoms with Crippen molar-refractivity contribution in [2.24, 2.45) is 5.92 Å². The van der Waals surface area contributed by atoms with Crippen LogP contribution in [0, 0.1) is 23.1 Å². The minimum Gasteiger partial charge on any atom is -0.352 e. The second kappa shape index (κ2) is 6.79. The van der Waals surface area contributed by atoms with E-state index in [1.807, 2.05) is 0 Å². The summed E-state index contributed by atoms with van der Waals surface area (Å²) in [7, 11) is 0. The van der Waals surface area contributed by atoms with Gasteiger partial charge < -0.3 is 5.32 Å². The molecule has 0 saturated carbocycles. The largest absolute Gasteiger partial charge is 0.352 e. The summed E-state index contributed by atoms with van der Waals surface area (Å²) < 4.78 is 12.9. The number of amides is 1. The van der Waals surface area contributed by atoms with E-state index in [0.29, 0.717) is 5.69 Å². The number of hydrogen-bond acceptors (Lipinski definition) is 5. The summed E-state index contributed by atoms with van der Waals surface area (Å²) in [6.07, 6.45) is 1.17. The summed E-state index contributed by atoms with van der Waals surface area (Å²) in [6.45, 7) is 3.45. The van der Waals surface area contributed by atoms with Crippen molar-refractivity contribution < 1.29 is 14.0 Å². The molecule has 0 bridgehead atoms. The minimum atomic E-state index is -1.49. The zero-order valence-electron chi connectivity index (χ0n) is 12.5. The van der Waals surface area contributed by atoms with Gasteiger partial charge >= 0.3 is 0 Å². The molecule has 1 N–H and O–H groups in total. The van der Waals surface area contributed by atoms with Crippen molar-refractivity contribution in [2.75, 3.05) is 0 Å². The average molecular weight is 315 g/mol. The van der Waals surface area contributed by atoms with E-state index in [9.17, 15) is 14.0 Å². The number of benzene rings is 1. The van der Waals surface area contributed by atoms with Crippen molar-refractivity contribution in [3.63, 3.8) is 0 Å². The normalized spacial score (nSPS) is 11.8. The van der Waals surface area contributed by atoms with E-state index >= 15 is 0 Å². The second-order valence-corrected chi connectivity index (χ2v) is 5.09. The highest BCUT2D eigenvalue weighted by Gasteiger charge is 2.30. The van der Waals surface area contributed by atoms with Crippen LogP contribution in [0.2, 0.25) is 0 Å². The van der Waals surface area contributed by atoms with Crippen LogP contribution in [0.3, 0.4) is 0 Å². The molecule has 1 heterocycles. The number of nitrogens with zero attached hydrogens (tertiary/aromatic N) is 4. The summed E-state index contributed by atoms with van der Waals surface area (Å²) in [5.74, 6) is -3.31. The number of aromatic nitrogens is 3. The fourth-order valence-corrected chi connectivity index (χ4v) is 1.83. The van der Waals surface area contributed by atoms with E-state index in [2.05, 4.69) is 15.5 Å². The molecule has 1 aromatic carbocycles. The maximum atomic E-state index is 12.9. The van der Waals surface area contributed by atoms with E-state index in [4.69, 9.17) is 5.26 Å². The number of carbonyl (C=O) groups is 2. The van der Waals surface area contributed by atoms with E-state index in [0.717, 1.165) is 4.80 Å². The van der Waals surface area contributed by atoms with Gasteiger partial charge in [0.2, 0.25) is 11.7 Å². The highest BCUT2D eigenvalue weighted by Crippen LogP contribution is 2.10. The van der Waals surface area contributed by atoms with Gasteiger partial charge in [-0.1, -0.05) is 0 Å². The number of nitrogens with one attached hydrogen (secondary N) is 1. The molecule has 0 fully saturated rings. The summed E-state index contributed by atoms with van der Waals surface area (Å²) in [6, 6.07) is 6.82. The average Bonchev–Trinajstić information content (AvgIpc) is 2.97. The Morgan fingerprint density at radius 1 is 1.30 bits per heavy atom. The molecular weight excluding hydrogens is 301 g/mol. The van der Waals surface area contributed by atoms with Crippen LogP contribution in [0.4, 0.5) is 4.39 Å². The Kier molecular flexibility index (Phi) is 4.81. The van der Waals surface area contributed by atoms with Gasteiger partial charge in [0.05, 0.1) is 18.0 Å². The molecule has 1 aromatic heterocycles. The van der Waals surface area contributed by atoms with Crippen LogP contribution in [0.5, 0.6) is 0 Å². The first-order valence-corrected chi connectivity index (χ1v) is 6.85. The highest BCUT2D eigenvalue weighted by molar-refractivity contribution is 6.11. The Morgan fingerprint density at radius 3 is 2.52 bits per heavy atom. The molecular formula is C15H14FN5O2. The number of hydrogen-bond donors (Lipinski definition) is 1. The molecule has 0 saturated heterocycles. The first-order chi connectivity index (χ1) is 10.9. The van der Waals surface area contributed by atoms with Gasteiger partial charge in [0.1, 0.15) is 5.82 Å².